The maximum Gasteiger partial charge on any atom is 0.372 e. The van der Waals surface area contributed by atoms with E-state index in [-0.39, 0.29) is 31.2 Å². The Hall–Kier alpha value is -3.41. The highest BCUT2D eigenvalue weighted by Gasteiger charge is 2.25. The lowest BCUT2D eigenvalue weighted by molar-refractivity contribution is -0.426. The first-order valence-corrected chi connectivity index (χ1v) is 8.73. The molecule has 138 valence electrons. The number of benzene rings is 2. The molecule has 3 rings (SSSR count). The number of para-hydroxylation sites is 1. The van der Waals surface area contributed by atoms with Gasteiger partial charge in [0.15, 0.2) is 12.0 Å². The fourth-order valence-corrected chi connectivity index (χ4v) is 2.92. The fraction of sp³-hybridized carbons (Fsp3) is 0.190. The van der Waals surface area contributed by atoms with Crippen LogP contribution < -0.4 is 0 Å². The summed E-state index contributed by atoms with van der Waals surface area (Å²) in [6.07, 6.45) is 1.70. The van der Waals surface area contributed by atoms with E-state index in [1.54, 1.807) is 42.0 Å². The van der Waals surface area contributed by atoms with Crippen LogP contribution in [-0.2, 0) is 9.53 Å². The molecule has 0 amide bonds. The molecule has 3 aromatic rings. The number of ketones is 1. The Labute approximate surface area is 156 Å². The van der Waals surface area contributed by atoms with Crippen LogP contribution in [0.2, 0.25) is 0 Å². The van der Waals surface area contributed by atoms with Crippen molar-refractivity contribution in [2.45, 2.75) is 13.3 Å². The number of aromatic amines is 1. The van der Waals surface area contributed by atoms with E-state index in [4.69, 9.17) is 4.74 Å². The van der Waals surface area contributed by atoms with Crippen LogP contribution >= 0.6 is 0 Å². The van der Waals surface area contributed by atoms with Crippen LogP contribution in [0.5, 0.6) is 5.88 Å². The van der Waals surface area contributed by atoms with E-state index in [0.717, 1.165) is 10.9 Å². The predicted octanol–water partition coefficient (Wildman–Crippen LogP) is 3.42. The van der Waals surface area contributed by atoms with Crippen molar-refractivity contribution in [1.82, 2.24) is 4.98 Å². The fourth-order valence-electron chi connectivity index (χ4n) is 2.92. The molecule has 0 fully saturated rings. The number of nitrogens with zero attached hydrogens (tertiary/aromatic N) is 1. The maximum absolute atomic E-state index is 12.4. The second-order valence-electron chi connectivity index (χ2n) is 5.98. The molecule has 1 heterocycles. The topological polar surface area (TPSA) is 82.4 Å². The number of hydrogen-bond acceptors (Lipinski definition) is 4. The number of esters is 1. The molecule has 0 radical (unpaired) electrons. The van der Waals surface area contributed by atoms with Gasteiger partial charge >= 0.3 is 5.97 Å². The van der Waals surface area contributed by atoms with Gasteiger partial charge in [0.2, 0.25) is 6.54 Å². The predicted molar refractivity (Wildman–Crippen MR) is 103 cm³/mol. The molecule has 0 spiro atoms. The Bertz CT molecular complexity index is 990. The van der Waals surface area contributed by atoms with Crippen molar-refractivity contribution in [3.63, 3.8) is 0 Å². The number of nitrogens with one attached hydrogen (secondary N) is 1. The smallest absolute Gasteiger partial charge is 0.372 e. The number of hydrogen-bond donors (Lipinski definition) is 2. The van der Waals surface area contributed by atoms with Crippen molar-refractivity contribution >= 4 is 34.6 Å². The molecule has 0 aliphatic carbocycles. The van der Waals surface area contributed by atoms with Crippen LogP contribution in [0.4, 0.5) is 5.69 Å². The first-order chi connectivity index (χ1) is 13.1. The lowest BCUT2D eigenvalue weighted by atomic mass is 10.1. The number of rotatable bonds is 7. The van der Waals surface area contributed by atoms with Gasteiger partial charge in [-0.3, -0.25) is 4.79 Å². The Kier molecular flexibility index (Phi) is 5.66. The molecule has 0 aliphatic heterocycles. The molecule has 2 aromatic carbocycles. The molecule has 2 N–H and O–H groups in total. The molecular formula is C21H21N2O4+. The quantitative estimate of drug-likeness (QED) is 0.291. The number of aromatic hydroxyl groups is 1. The van der Waals surface area contributed by atoms with Gasteiger partial charge in [-0.1, -0.05) is 42.5 Å². The Balaban J connectivity index is 1.96. The van der Waals surface area contributed by atoms with Gasteiger partial charge in [-0.2, -0.15) is 4.58 Å². The number of fused-ring (bicyclic) bond motifs is 1. The number of ether oxygens (including phenoxy) is 1. The van der Waals surface area contributed by atoms with Crippen LogP contribution in [-0.4, -0.2) is 45.8 Å². The summed E-state index contributed by atoms with van der Waals surface area (Å²) < 4.78 is 6.60. The van der Waals surface area contributed by atoms with E-state index in [1.165, 1.54) is 0 Å². The molecule has 1 aromatic heterocycles. The SMILES string of the molecule is CCOC(=O)C[N+](=CCC(=O)c1ccccc1)c1c(O)[nH]c2ccccc12. The number of Topliss-reactive ketones (excluding diaryl/α,β-unsaturated/α-hetero) is 1. The van der Waals surface area contributed by atoms with Gasteiger partial charge in [0.25, 0.3) is 11.6 Å². The highest BCUT2D eigenvalue weighted by molar-refractivity contribution is 6.03. The maximum atomic E-state index is 12.4. The number of H-pyrrole nitrogens is 1. The van der Waals surface area contributed by atoms with Crippen molar-refractivity contribution < 1.29 is 24.0 Å². The summed E-state index contributed by atoms with van der Waals surface area (Å²) in [6, 6.07) is 16.3. The number of aromatic nitrogens is 1. The standard InChI is InChI=1S/C21H20N2O4/c1-2-27-19(25)14-23(13-12-18(24)15-8-4-3-5-9-15)20-16-10-6-7-11-17(16)22-21(20)26/h3-11,13,22H,2,12,14H2,1H3/p+1. The Morgan fingerprint density at radius 3 is 2.56 bits per heavy atom. The van der Waals surface area contributed by atoms with E-state index >= 15 is 0 Å². The van der Waals surface area contributed by atoms with Gasteiger partial charge in [0, 0.05) is 5.56 Å². The first-order valence-electron chi connectivity index (χ1n) is 8.73. The van der Waals surface area contributed by atoms with Gasteiger partial charge in [-0.25, -0.2) is 4.79 Å². The second kappa shape index (κ2) is 8.31. The summed E-state index contributed by atoms with van der Waals surface area (Å²) in [5, 5.41) is 11.1. The summed E-state index contributed by atoms with van der Waals surface area (Å²) in [4.78, 5) is 27.4. The monoisotopic (exact) mass is 365 g/mol. The molecule has 0 aliphatic rings. The number of carbonyl (C=O) groups is 2. The third kappa shape index (κ3) is 4.23. The zero-order valence-corrected chi connectivity index (χ0v) is 15.0. The minimum atomic E-state index is -0.439. The van der Waals surface area contributed by atoms with E-state index in [9.17, 15) is 14.7 Å². The van der Waals surface area contributed by atoms with Crippen LogP contribution in [0, 0.1) is 0 Å². The van der Waals surface area contributed by atoms with E-state index in [0.29, 0.717) is 11.3 Å². The van der Waals surface area contributed by atoms with Crippen molar-refractivity contribution in [1.29, 1.82) is 0 Å². The van der Waals surface area contributed by atoms with Gasteiger partial charge in [0.05, 0.1) is 23.9 Å². The van der Waals surface area contributed by atoms with E-state index < -0.39 is 5.97 Å². The Morgan fingerprint density at radius 2 is 1.81 bits per heavy atom. The van der Waals surface area contributed by atoms with Crippen molar-refractivity contribution in [2.75, 3.05) is 13.2 Å². The van der Waals surface area contributed by atoms with Crippen LogP contribution in [0.25, 0.3) is 10.9 Å². The largest absolute Gasteiger partial charge is 0.490 e. The van der Waals surface area contributed by atoms with Gasteiger partial charge in [-0.15, -0.1) is 0 Å². The molecule has 0 atom stereocenters. The molecule has 27 heavy (non-hydrogen) atoms. The summed E-state index contributed by atoms with van der Waals surface area (Å²) >= 11 is 0. The highest BCUT2D eigenvalue weighted by Crippen LogP contribution is 2.34. The molecule has 6 nitrogen and oxygen atoms in total. The average Bonchev–Trinajstić information content (AvgIpc) is 3.01. The van der Waals surface area contributed by atoms with Crippen molar-refractivity contribution in [3.8, 4) is 5.88 Å². The molecule has 0 bridgehead atoms. The third-order valence-electron chi connectivity index (χ3n) is 4.14. The summed E-state index contributed by atoms with van der Waals surface area (Å²) in [7, 11) is 0. The molecule has 6 heteroatoms. The van der Waals surface area contributed by atoms with Gasteiger partial charge in [0.1, 0.15) is 0 Å². The molecule has 0 saturated heterocycles. The molecule has 0 unspecified atom stereocenters. The zero-order valence-electron chi connectivity index (χ0n) is 15.0. The van der Waals surface area contributed by atoms with Crippen LogP contribution in [0.3, 0.4) is 0 Å². The van der Waals surface area contributed by atoms with Crippen molar-refractivity contribution in [3.05, 3.63) is 60.2 Å². The summed E-state index contributed by atoms with van der Waals surface area (Å²) in [5.41, 5.74) is 1.77. The first kappa shape index (κ1) is 18.4. The minimum Gasteiger partial charge on any atom is -0.490 e. The van der Waals surface area contributed by atoms with Crippen LogP contribution in [0.1, 0.15) is 23.7 Å². The van der Waals surface area contributed by atoms with Crippen molar-refractivity contribution in [2.24, 2.45) is 0 Å². The molecular weight excluding hydrogens is 344 g/mol. The average molecular weight is 365 g/mol. The summed E-state index contributed by atoms with van der Waals surface area (Å²) in [6.45, 7) is 1.88. The lowest BCUT2D eigenvalue weighted by Crippen LogP contribution is -2.21. The van der Waals surface area contributed by atoms with E-state index in [2.05, 4.69) is 4.98 Å². The molecule has 0 saturated carbocycles. The zero-order chi connectivity index (χ0) is 19.2. The van der Waals surface area contributed by atoms with Gasteiger partial charge < -0.3 is 14.8 Å². The third-order valence-corrected chi connectivity index (χ3v) is 4.14. The van der Waals surface area contributed by atoms with Gasteiger partial charge in [-0.05, 0) is 19.1 Å². The second-order valence-corrected chi connectivity index (χ2v) is 5.98. The lowest BCUT2D eigenvalue weighted by Gasteiger charge is -2.03. The van der Waals surface area contributed by atoms with Crippen LogP contribution in [0.15, 0.2) is 54.6 Å². The van der Waals surface area contributed by atoms with E-state index in [1.807, 2.05) is 30.3 Å². The normalized spacial score (nSPS) is 11.5. The Morgan fingerprint density at radius 1 is 1.11 bits per heavy atom. The summed E-state index contributed by atoms with van der Waals surface area (Å²) in [5.74, 6) is -0.585. The minimum absolute atomic E-state index is 0.0658. The highest BCUT2D eigenvalue weighted by atomic mass is 16.5. The number of carbonyl (C=O) groups excluding carboxylic acids is 2.